The Morgan fingerprint density at radius 1 is 1.22 bits per heavy atom. The van der Waals surface area contributed by atoms with E-state index in [1.165, 1.54) is 12.1 Å². The van der Waals surface area contributed by atoms with Crippen LogP contribution in [-0.4, -0.2) is 20.1 Å². The van der Waals surface area contributed by atoms with Crippen molar-refractivity contribution >= 4 is 22.6 Å². The summed E-state index contributed by atoms with van der Waals surface area (Å²) in [4.78, 5) is 7.91. The quantitative estimate of drug-likeness (QED) is 0.854. The fourth-order valence-electron chi connectivity index (χ4n) is 1.59. The summed E-state index contributed by atoms with van der Waals surface area (Å²) in [5.41, 5.74) is 1.38. The minimum atomic E-state index is -3.72. The lowest BCUT2D eigenvalue weighted by Crippen LogP contribution is -2.11. The van der Waals surface area contributed by atoms with E-state index in [2.05, 4.69) is 16.7 Å². The summed E-state index contributed by atoms with van der Waals surface area (Å²) in [7, 11) is -3.72. The third-order valence-corrected chi connectivity index (χ3v) is 3.32. The molecule has 0 fully saturated rings. The van der Waals surface area contributed by atoms with Crippen LogP contribution < -0.4 is 5.14 Å². The molecule has 0 radical (unpaired) electrons. The maximum Gasteiger partial charge on any atom is 0.238 e. The Morgan fingerprint density at radius 3 is 2.67 bits per heavy atom. The fourth-order valence-corrected chi connectivity index (χ4v) is 2.15. The lowest BCUT2D eigenvalue weighted by atomic mass is 10.1. The third kappa shape index (κ3) is 2.44. The van der Waals surface area contributed by atoms with Crippen LogP contribution in [0.3, 0.4) is 0 Å². The molecule has 0 bridgehead atoms. The second kappa shape index (κ2) is 4.67. The Balaban J connectivity index is 2.62. The van der Waals surface area contributed by atoms with Gasteiger partial charge in [-0.2, -0.15) is 0 Å². The van der Waals surface area contributed by atoms with Gasteiger partial charge in [0.25, 0.3) is 0 Å². The van der Waals surface area contributed by atoms with Crippen molar-refractivity contribution < 1.29 is 8.42 Å². The number of hydrogen-bond acceptors (Lipinski definition) is 4. The zero-order chi connectivity index (χ0) is 13.2. The van der Waals surface area contributed by atoms with Crippen molar-refractivity contribution in [1.82, 2.24) is 4.98 Å². The monoisotopic (exact) mass is 261 g/mol. The first-order valence-electron chi connectivity index (χ1n) is 5.07. The van der Waals surface area contributed by atoms with Gasteiger partial charge in [0.1, 0.15) is 0 Å². The second-order valence-electron chi connectivity index (χ2n) is 3.61. The first-order chi connectivity index (χ1) is 8.52. The lowest BCUT2D eigenvalue weighted by molar-refractivity contribution is 0.598. The molecule has 0 atom stereocenters. The Hall–Kier alpha value is -2.05. The van der Waals surface area contributed by atoms with Gasteiger partial charge in [-0.1, -0.05) is 12.1 Å². The van der Waals surface area contributed by atoms with E-state index in [0.717, 1.165) is 0 Å². The minimum Gasteiger partial charge on any atom is -0.245 e. The molecule has 0 spiro atoms. The smallest absolute Gasteiger partial charge is 0.238 e. The highest BCUT2D eigenvalue weighted by Gasteiger charge is 2.10. The summed E-state index contributed by atoms with van der Waals surface area (Å²) >= 11 is 0. The van der Waals surface area contributed by atoms with Crippen molar-refractivity contribution in [3.8, 4) is 11.1 Å². The van der Waals surface area contributed by atoms with Crippen LogP contribution in [0.15, 0.2) is 52.5 Å². The molecule has 18 heavy (non-hydrogen) atoms. The second-order valence-corrected chi connectivity index (χ2v) is 5.17. The molecule has 0 aliphatic carbocycles. The Labute approximate surface area is 105 Å². The summed E-state index contributed by atoms with van der Waals surface area (Å²) in [5, 5.41) is 5.10. The van der Waals surface area contributed by atoms with E-state index in [1.807, 2.05) is 0 Å². The van der Waals surface area contributed by atoms with Gasteiger partial charge in [0.2, 0.25) is 10.0 Å². The number of primary sulfonamides is 1. The van der Waals surface area contributed by atoms with E-state index in [-0.39, 0.29) is 4.90 Å². The summed E-state index contributed by atoms with van der Waals surface area (Å²) in [6, 6.07) is 9.85. The van der Waals surface area contributed by atoms with Gasteiger partial charge in [0.15, 0.2) is 5.82 Å². The highest BCUT2D eigenvalue weighted by molar-refractivity contribution is 7.89. The van der Waals surface area contributed by atoms with Gasteiger partial charge in [-0.15, -0.1) is 0 Å². The van der Waals surface area contributed by atoms with Crippen LogP contribution in [0.5, 0.6) is 0 Å². The molecule has 0 unspecified atom stereocenters. The number of nitrogens with zero attached hydrogens (tertiary/aromatic N) is 2. The van der Waals surface area contributed by atoms with E-state index in [9.17, 15) is 8.42 Å². The maximum absolute atomic E-state index is 11.3. The van der Waals surface area contributed by atoms with Crippen molar-refractivity contribution in [2.24, 2.45) is 10.1 Å². The Bertz CT molecular complexity index is 696. The number of sulfonamides is 1. The summed E-state index contributed by atoms with van der Waals surface area (Å²) in [5.74, 6) is 0.448. The van der Waals surface area contributed by atoms with Gasteiger partial charge in [-0.25, -0.2) is 23.5 Å². The van der Waals surface area contributed by atoms with Crippen molar-refractivity contribution in [3.63, 3.8) is 0 Å². The van der Waals surface area contributed by atoms with E-state index >= 15 is 0 Å². The molecule has 1 aromatic heterocycles. The van der Waals surface area contributed by atoms with Crippen molar-refractivity contribution in [2.75, 3.05) is 0 Å². The zero-order valence-corrected chi connectivity index (χ0v) is 10.3. The normalized spacial score (nSPS) is 11.2. The standard InChI is InChI=1S/C12H11N3O2S/c1-14-12-11(6-3-7-15-12)9-4-2-5-10(8-9)18(13,16)17/h2-8H,1H2,(H2,13,16,17). The van der Waals surface area contributed by atoms with Crippen LogP contribution in [0, 0.1) is 0 Å². The Morgan fingerprint density at radius 2 is 2.00 bits per heavy atom. The van der Waals surface area contributed by atoms with Crippen LogP contribution in [-0.2, 0) is 10.0 Å². The Kier molecular flexibility index (Phi) is 3.22. The van der Waals surface area contributed by atoms with Crippen LogP contribution >= 0.6 is 0 Å². The molecule has 2 rings (SSSR count). The molecule has 6 heteroatoms. The average Bonchev–Trinajstić information content (AvgIpc) is 2.38. The first kappa shape index (κ1) is 12.4. The van der Waals surface area contributed by atoms with E-state index in [1.54, 1.807) is 30.5 Å². The molecule has 0 aliphatic heterocycles. The number of aromatic nitrogens is 1. The minimum absolute atomic E-state index is 0.0545. The number of nitrogens with two attached hydrogens (primary N) is 1. The molecule has 1 heterocycles. The van der Waals surface area contributed by atoms with Gasteiger partial charge in [0, 0.05) is 11.8 Å². The highest BCUT2D eigenvalue weighted by Crippen LogP contribution is 2.28. The molecule has 5 nitrogen and oxygen atoms in total. The molecular formula is C12H11N3O2S. The number of hydrogen-bond donors (Lipinski definition) is 1. The lowest BCUT2D eigenvalue weighted by Gasteiger charge is -2.06. The molecule has 0 amide bonds. The van der Waals surface area contributed by atoms with E-state index < -0.39 is 10.0 Å². The van der Waals surface area contributed by atoms with Gasteiger partial charge in [-0.05, 0) is 36.5 Å². The van der Waals surface area contributed by atoms with Gasteiger partial charge < -0.3 is 0 Å². The average molecular weight is 261 g/mol. The van der Waals surface area contributed by atoms with E-state index in [0.29, 0.717) is 16.9 Å². The highest BCUT2D eigenvalue weighted by atomic mass is 32.2. The van der Waals surface area contributed by atoms with Crippen LogP contribution in [0.4, 0.5) is 5.82 Å². The van der Waals surface area contributed by atoms with Crippen molar-refractivity contribution in [1.29, 1.82) is 0 Å². The summed E-state index contributed by atoms with van der Waals surface area (Å²) in [6.07, 6.45) is 1.59. The third-order valence-electron chi connectivity index (χ3n) is 2.41. The number of aliphatic imine (C=N–C) groups is 1. The maximum atomic E-state index is 11.3. The SMILES string of the molecule is C=Nc1ncccc1-c1cccc(S(N)(=O)=O)c1. The molecule has 0 aliphatic rings. The van der Waals surface area contributed by atoms with Gasteiger partial charge in [-0.3, -0.25) is 0 Å². The van der Waals surface area contributed by atoms with Gasteiger partial charge in [0.05, 0.1) is 4.90 Å². The summed E-state index contributed by atoms with van der Waals surface area (Å²) < 4.78 is 22.6. The molecule has 0 saturated carbocycles. The van der Waals surface area contributed by atoms with Crippen LogP contribution in [0.2, 0.25) is 0 Å². The van der Waals surface area contributed by atoms with Crippen LogP contribution in [0.1, 0.15) is 0 Å². The number of benzene rings is 1. The number of pyridine rings is 1. The van der Waals surface area contributed by atoms with Gasteiger partial charge >= 0.3 is 0 Å². The largest absolute Gasteiger partial charge is 0.245 e. The molecule has 92 valence electrons. The fraction of sp³-hybridized carbons (Fsp3) is 0. The first-order valence-corrected chi connectivity index (χ1v) is 6.62. The van der Waals surface area contributed by atoms with E-state index in [4.69, 9.17) is 5.14 Å². The van der Waals surface area contributed by atoms with Crippen molar-refractivity contribution in [3.05, 3.63) is 42.6 Å². The predicted molar refractivity (Wildman–Crippen MR) is 70.3 cm³/mol. The van der Waals surface area contributed by atoms with Crippen LogP contribution in [0.25, 0.3) is 11.1 Å². The topological polar surface area (TPSA) is 85.4 Å². The molecular weight excluding hydrogens is 250 g/mol. The molecule has 2 aromatic rings. The zero-order valence-electron chi connectivity index (χ0n) is 9.45. The number of rotatable bonds is 3. The molecule has 0 saturated heterocycles. The molecule has 1 aromatic carbocycles. The van der Waals surface area contributed by atoms with Crippen molar-refractivity contribution in [2.45, 2.75) is 4.90 Å². The predicted octanol–water partition coefficient (Wildman–Crippen LogP) is 1.73. The summed E-state index contributed by atoms with van der Waals surface area (Å²) in [6.45, 7) is 3.43. The molecule has 2 N–H and O–H groups in total.